The second-order valence-corrected chi connectivity index (χ2v) is 4.66. The van der Waals surface area contributed by atoms with Gasteiger partial charge in [0.05, 0.1) is 6.54 Å². The van der Waals surface area contributed by atoms with Crippen LogP contribution in [-0.2, 0) is 6.54 Å². The second-order valence-electron chi connectivity index (χ2n) is 4.22. The summed E-state index contributed by atoms with van der Waals surface area (Å²) in [4.78, 5) is 13.5. The molecule has 0 saturated heterocycles. The van der Waals surface area contributed by atoms with Gasteiger partial charge in [0, 0.05) is 23.8 Å². The number of carbonyl (C=O) groups excluding carboxylic acids is 1. The third-order valence-electron chi connectivity index (χ3n) is 2.52. The van der Waals surface area contributed by atoms with Crippen LogP contribution >= 0.6 is 11.6 Å². The summed E-state index contributed by atoms with van der Waals surface area (Å²) < 4.78 is 4.95. The number of anilines is 1. The lowest BCUT2D eigenvalue weighted by Gasteiger charge is -2.16. The summed E-state index contributed by atoms with van der Waals surface area (Å²) in [6.45, 7) is 2.20. The van der Waals surface area contributed by atoms with E-state index in [-0.39, 0.29) is 6.03 Å². The van der Waals surface area contributed by atoms with Crippen molar-refractivity contribution in [3.63, 3.8) is 0 Å². The van der Waals surface area contributed by atoms with Gasteiger partial charge in [-0.2, -0.15) is 0 Å². The van der Waals surface area contributed by atoms with Crippen LogP contribution in [0.5, 0.6) is 0 Å². The van der Waals surface area contributed by atoms with Crippen molar-refractivity contribution in [1.29, 1.82) is 0 Å². The molecular formula is C13H14ClN3O2. The van der Waals surface area contributed by atoms with Gasteiger partial charge in [-0.05, 0) is 31.2 Å². The molecule has 0 aliphatic heterocycles. The molecule has 2 rings (SSSR count). The zero-order valence-electron chi connectivity index (χ0n) is 10.7. The lowest BCUT2D eigenvalue weighted by molar-refractivity contribution is 0.219. The maximum atomic E-state index is 11.9. The maximum Gasteiger partial charge on any atom is 0.321 e. The highest BCUT2D eigenvalue weighted by molar-refractivity contribution is 6.30. The molecule has 0 atom stereocenters. The van der Waals surface area contributed by atoms with Crippen molar-refractivity contribution in [2.24, 2.45) is 0 Å². The van der Waals surface area contributed by atoms with Crippen molar-refractivity contribution in [2.75, 3.05) is 12.4 Å². The number of amides is 2. The van der Waals surface area contributed by atoms with Crippen molar-refractivity contribution in [1.82, 2.24) is 10.1 Å². The van der Waals surface area contributed by atoms with E-state index in [1.807, 2.05) is 6.92 Å². The number of rotatable bonds is 3. The molecule has 1 heterocycles. The second kappa shape index (κ2) is 5.75. The quantitative estimate of drug-likeness (QED) is 0.938. The first kappa shape index (κ1) is 13.4. The molecule has 1 aromatic carbocycles. The van der Waals surface area contributed by atoms with Crippen LogP contribution in [0.1, 0.15) is 11.5 Å². The fourth-order valence-electron chi connectivity index (χ4n) is 1.56. The molecule has 1 aromatic heterocycles. The average Bonchev–Trinajstić information content (AvgIpc) is 2.77. The normalized spacial score (nSPS) is 10.3. The van der Waals surface area contributed by atoms with Gasteiger partial charge in [-0.25, -0.2) is 4.79 Å². The molecule has 1 N–H and O–H groups in total. The highest BCUT2D eigenvalue weighted by atomic mass is 35.5. The van der Waals surface area contributed by atoms with Gasteiger partial charge in [0.15, 0.2) is 0 Å². The first-order valence-electron chi connectivity index (χ1n) is 5.74. The minimum Gasteiger partial charge on any atom is -0.361 e. The standard InChI is InChI=1S/C13H14ClN3O2/c1-9-7-12(16-19-9)8-17(2)13(18)15-11-5-3-10(14)4-6-11/h3-7H,8H2,1-2H3,(H,15,18). The molecule has 0 unspecified atom stereocenters. The summed E-state index contributed by atoms with van der Waals surface area (Å²) in [5.74, 6) is 0.724. The molecule has 6 heteroatoms. The molecule has 0 bridgehead atoms. The van der Waals surface area contributed by atoms with Gasteiger partial charge in [0.25, 0.3) is 0 Å². The van der Waals surface area contributed by atoms with Gasteiger partial charge < -0.3 is 14.7 Å². The van der Waals surface area contributed by atoms with E-state index in [0.29, 0.717) is 22.9 Å². The van der Waals surface area contributed by atoms with Crippen LogP contribution in [-0.4, -0.2) is 23.1 Å². The van der Waals surface area contributed by atoms with Gasteiger partial charge in [0.2, 0.25) is 0 Å². The number of aromatic nitrogens is 1. The van der Waals surface area contributed by atoms with Gasteiger partial charge >= 0.3 is 6.03 Å². The average molecular weight is 280 g/mol. The van der Waals surface area contributed by atoms with E-state index in [0.717, 1.165) is 5.76 Å². The minimum absolute atomic E-state index is 0.219. The summed E-state index contributed by atoms with van der Waals surface area (Å²) in [7, 11) is 1.69. The molecule has 100 valence electrons. The zero-order valence-corrected chi connectivity index (χ0v) is 11.4. The summed E-state index contributed by atoms with van der Waals surface area (Å²) in [5, 5.41) is 7.24. The molecule has 5 nitrogen and oxygen atoms in total. The Morgan fingerprint density at radius 1 is 1.42 bits per heavy atom. The van der Waals surface area contributed by atoms with E-state index in [9.17, 15) is 4.79 Å². The van der Waals surface area contributed by atoms with Crippen molar-refractivity contribution >= 4 is 23.3 Å². The molecule has 2 amide bonds. The molecule has 0 spiro atoms. The summed E-state index contributed by atoms with van der Waals surface area (Å²) in [6.07, 6.45) is 0. The number of carbonyl (C=O) groups is 1. The molecule has 0 aliphatic carbocycles. The number of benzene rings is 1. The topological polar surface area (TPSA) is 58.4 Å². The Hall–Kier alpha value is -2.01. The number of aryl methyl sites for hydroxylation is 1. The predicted molar refractivity (Wildman–Crippen MR) is 73.2 cm³/mol. The number of halogens is 1. The van der Waals surface area contributed by atoms with E-state index in [4.69, 9.17) is 16.1 Å². The Labute approximate surface area is 116 Å². The van der Waals surface area contributed by atoms with E-state index in [2.05, 4.69) is 10.5 Å². The van der Waals surface area contributed by atoms with Gasteiger partial charge in [-0.15, -0.1) is 0 Å². The predicted octanol–water partition coefficient (Wildman–Crippen LogP) is 3.30. The molecule has 0 fully saturated rings. The number of nitrogens with zero attached hydrogens (tertiary/aromatic N) is 2. The third kappa shape index (κ3) is 3.72. The SMILES string of the molecule is Cc1cc(CN(C)C(=O)Nc2ccc(Cl)cc2)no1. The van der Waals surface area contributed by atoms with Crippen molar-refractivity contribution in [3.05, 3.63) is 46.8 Å². The van der Waals surface area contributed by atoms with Gasteiger partial charge in [-0.1, -0.05) is 16.8 Å². The summed E-state index contributed by atoms with van der Waals surface area (Å²) in [5.41, 5.74) is 1.41. The molecular weight excluding hydrogens is 266 g/mol. The van der Waals surface area contributed by atoms with Crippen LogP contribution in [0.3, 0.4) is 0 Å². The number of nitrogens with one attached hydrogen (secondary N) is 1. The Balaban J connectivity index is 1.94. The zero-order chi connectivity index (χ0) is 13.8. The Kier molecular flexibility index (Phi) is 4.06. The highest BCUT2D eigenvalue weighted by Crippen LogP contribution is 2.14. The molecule has 0 saturated carbocycles. The van der Waals surface area contributed by atoms with E-state index in [1.165, 1.54) is 4.90 Å². The third-order valence-corrected chi connectivity index (χ3v) is 2.77. The molecule has 0 radical (unpaired) electrons. The highest BCUT2D eigenvalue weighted by Gasteiger charge is 2.11. The van der Waals surface area contributed by atoms with Crippen LogP contribution in [0.2, 0.25) is 5.02 Å². The van der Waals surface area contributed by atoms with E-state index in [1.54, 1.807) is 37.4 Å². The monoisotopic (exact) mass is 279 g/mol. The van der Waals surface area contributed by atoms with E-state index >= 15 is 0 Å². The maximum absolute atomic E-state index is 11.9. The first-order chi connectivity index (χ1) is 9.04. The van der Waals surface area contributed by atoms with Gasteiger partial charge in [-0.3, -0.25) is 0 Å². The molecule has 2 aromatic rings. The Bertz CT molecular complexity index is 566. The van der Waals surface area contributed by atoms with Gasteiger partial charge in [0.1, 0.15) is 11.5 Å². The van der Waals surface area contributed by atoms with Crippen LogP contribution in [0, 0.1) is 6.92 Å². The van der Waals surface area contributed by atoms with Crippen molar-refractivity contribution < 1.29 is 9.32 Å². The van der Waals surface area contributed by atoms with E-state index < -0.39 is 0 Å². The summed E-state index contributed by atoms with van der Waals surface area (Å²) >= 11 is 5.78. The first-order valence-corrected chi connectivity index (χ1v) is 6.12. The fourth-order valence-corrected chi connectivity index (χ4v) is 1.69. The number of urea groups is 1. The van der Waals surface area contributed by atoms with Crippen LogP contribution in [0.4, 0.5) is 10.5 Å². The number of hydrogen-bond donors (Lipinski definition) is 1. The number of hydrogen-bond acceptors (Lipinski definition) is 3. The lowest BCUT2D eigenvalue weighted by atomic mass is 10.3. The van der Waals surface area contributed by atoms with Crippen LogP contribution in [0.15, 0.2) is 34.9 Å². The Morgan fingerprint density at radius 2 is 2.11 bits per heavy atom. The smallest absolute Gasteiger partial charge is 0.321 e. The summed E-state index contributed by atoms with van der Waals surface area (Å²) in [6, 6.07) is 8.51. The molecule has 19 heavy (non-hydrogen) atoms. The molecule has 0 aliphatic rings. The largest absolute Gasteiger partial charge is 0.361 e. The van der Waals surface area contributed by atoms with Crippen LogP contribution < -0.4 is 5.32 Å². The van der Waals surface area contributed by atoms with Crippen molar-refractivity contribution in [2.45, 2.75) is 13.5 Å². The Morgan fingerprint density at radius 3 is 2.68 bits per heavy atom. The fraction of sp³-hybridized carbons (Fsp3) is 0.231. The minimum atomic E-state index is -0.219. The van der Waals surface area contributed by atoms with Crippen molar-refractivity contribution in [3.8, 4) is 0 Å². The van der Waals surface area contributed by atoms with Crippen LogP contribution in [0.25, 0.3) is 0 Å². The lowest BCUT2D eigenvalue weighted by Crippen LogP contribution is -2.30.